The number of methoxy groups -OCH3 is 1. The highest BCUT2D eigenvalue weighted by molar-refractivity contribution is 5.85. The second-order valence-electron chi connectivity index (χ2n) is 5.30. The zero-order chi connectivity index (χ0) is 14.9. The van der Waals surface area contributed by atoms with Crippen LogP contribution in [-0.4, -0.2) is 36.4 Å². The summed E-state index contributed by atoms with van der Waals surface area (Å²) in [6.07, 6.45) is 0. The number of carboxylic acids is 1. The first-order valence-electron chi connectivity index (χ1n) is 5.19. The lowest BCUT2D eigenvalue weighted by atomic mass is 9.98. The highest BCUT2D eigenvalue weighted by atomic mass is 35.5. The quantitative estimate of drug-likeness (QED) is 0.668. The molecule has 0 heterocycles. The van der Waals surface area contributed by atoms with E-state index in [9.17, 15) is 9.59 Å². The number of aliphatic hydroxyl groups excluding tert-OH is 1. The monoisotopic (exact) mass is 286 g/mol. The molecule has 0 aliphatic carbocycles. The number of hydrogen-bond acceptors (Lipinski definition) is 4. The van der Waals surface area contributed by atoms with Crippen LogP contribution in [-0.2, 0) is 14.3 Å². The largest absolute Gasteiger partial charge is 0.481 e. The molecule has 0 saturated heterocycles. The maximum Gasteiger partial charge on any atom is 0.310 e. The third-order valence-electron chi connectivity index (χ3n) is 1.44. The van der Waals surface area contributed by atoms with Gasteiger partial charge in [0, 0.05) is 7.11 Å². The summed E-state index contributed by atoms with van der Waals surface area (Å²) in [6.45, 7) is 10.4. The van der Waals surface area contributed by atoms with Crippen LogP contribution in [0.25, 0.3) is 0 Å². The van der Waals surface area contributed by atoms with Gasteiger partial charge in [-0.3, -0.25) is 9.59 Å². The lowest BCUT2D eigenvalue weighted by Crippen LogP contribution is -2.21. The van der Waals surface area contributed by atoms with Gasteiger partial charge in [-0.15, -0.1) is 12.4 Å². The smallest absolute Gasteiger partial charge is 0.310 e. The van der Waals surface area contributed by atoms with Crippen molar-refractivity contribution in [2.75, 3.05) is 14.2 Å². The summed E-state index contributed by atoms with van der Waals surface area (Å²) in [6, 6.07) is 0. The van der Waals surface area contributed by atoms with Crippen LogP contribution in [0.5, 0.6) is 0 Å². The fourth-order valence-corrected chi connectivity index (χ4v) is 0.306. The Labute approximate surface area is 116 Å². The molecule has 0 radical (unpaired) electrons. The molecule has 6 heteroatoms. The van der Waals surface area contributed by atoms with Crippen LogP contribution in [0.2, 0.25) is 0 Å². The van der Waals surface area contributed by atoms with E-state index in [1.807, 2.05) is 20.8 Å². The van der Waals surface area contributed by atoms with E-state index < -0.39 is 11.4 Å². The minimum absolute atomic E-state index is 0. The fraction of sp³-hybridized carbons (Fsp3) is 0.833. The van der Waals surface area contributed by atoms with Gasteiger partial charge < -0.3 is 14.9 Å². The van der Waals surface area contributed by atoms with Crippen molar-refractivity contribution >= 4 is 24.3 Å². The molecule has 0 bridgehead atoms. The standard InChI is InChI=1S/C6H12O2.C5H10O2.CH4O.ClH/c1-6(2,3)5(7)8-4;1-5(2,3)4(6)7;1-2;/h1-4H3;1-3H3,(H,6,7);2H,1H3;1H. The molecule has 0 spiro atoms. The van der Waals surface area contributed by atoms with Gasteiger partial charge in [-0.2, -0.15) is 0 Å². The van der Waals surface area contributed by atoms with E-state index in [1.165, 1.54) is 7.11 Å². The number of halogens is 1. The number of aliphatic carboxylic acids is 1. The number of carbonyl (C=O) groups excluding carboxylic acids is 1. The topological polar surface area (TPSA) is 83.8 Å². The maximum atomic E-state index is 10.6. The average Bonchev–Trinajstić information content (AvgIpc) is 2.17. The second-order valence-corrected chi connectivity index (χ2v) is 5.30. The summed E-state index contributed by atoms with van der Waals surface area (Å²) in [4.78, 5) is 20.6. The molecule has 5 nitrogen and oxygen atoms in total. The predicted molar refractivity (Wildman–Crippen MR) is 74.0 cm³/mol. The Hall–Kier alpha value is -0.810. The number of hydrogen-bond donors (Lipinski definition) is 2. The van der Waals surface area contributed by atoms with Crippen LogP contribution in [0.1, 0.15) is 41.5 Å². The summed E-state index contributed by atoms with van der Waals surface area (Å²) in [5, 5.41) is 15.2. The van der Waals surface area contributed by atoms with Crippen molar-refractivity contribution in [2.24, 2.45) is 10.8 Å². The summed E-state index contributed by atoms with van der Waals surface area (Å²) in [5.41, 5.74) is -0.936. The van der Waals surface area contributed by atoms with Crippen molar-refractivity contribution in [3.63, 3.8) is 0 Å². The summed E-state index contributed by atoms with van der Waals surface area (Å²) in [7, 11) is 2.40. The Morgan fingerprint density at radius 2 is 1.11 bits per heavy atom. The van der Waals surface area contributed by atoms with Crippen molar-refractivity contribution in [2.45, 2.75) is 41.5 Å². The third kappa shape index (κ3) is 17.6. The summed E-state index contributed by atoms with van der Waals surface area (Å²) in [5.74, 6) is -0.926. The van der Waals surface area contributed by atoms with Gasteiger partial charge in [0.15, 0.2) is 0 Å². The molecule has 2 N–H and O–H groups in total. The first-order chi connectivity index (χ1) is 7.42. The first-order valence-corrected chi connectivity index (χ1v) is 5.19. The Morgan fingerprint density at radius 1 is 0.889 bits per heavy atom. The van der Waals surface area contributed by atoms with E-state index in [2.05, 4.69) is 4.74 Å². The third-order valence-corrected chi connectivity index (χ3v) is 1.44. The van der Waals surface area contributed by atoms with Gasteiger partial charge in [0.05, 0.1) is 17.9 Å². The molecule has 0 aromatic rings. The number of carboxylic acid groups (broad SMARTS) is 1. The normalized spacial score (nSPS) is 9.61. The van der Waals surface area contributed by atoms with Crippen LogP contribution >= 0.6 is 12.4 Å². The molecule has 18 heavy (non-hydrogen) atoms. The average molecular weight is 287 g/mol. The summed E-state index contributed by atoms with van der Waals surface area (Å²) < 4.78 is 4.48. The van der Waals surface area contributed by atoms with Gasteiger partial charge >= 0.3 is 11.9 Å². The second kappa shape index (κ2) is 11.3. The molecule has 0 aliphatic rings. The summed E-state index contributed by atoms with van der Waals surface area (Å²) >= 11 is 0. The lowest BCUT2D eigenvalue weighted by molar-refractivity contribution is -0.149. The Kier molecular flexibility index (Phi) is 16.2. The maximum absolute atomic E-state index is 10.6. The van der Waals surface area contributed by atoms with Gasteiger partial charge in [-0.05, 0) is 41.5 Å². The Morgan fingerprint density at radius 3 is 1.11 bits per heavy atom. The van der Waals surface area contributed by atoms with Crippen molar-refractivity contribution in [3.05, 3.63) is 0 Å². The number of esters is 1. The van der Waals surface area contributed by atoms with Crippen LogP contribution in [0.4, 0.5) is 0 Å². The first kappa shape index (κ1) is 25.9. The van der Waals surface area contributed by atoms with E-state index in [0.29, 0.717) is 0 Å². The van der Waals surface area contributed by atoms with E-state index >= 15 is 0 Å². The number of rotatable bonds is 0. The molecule has 0 aliphatic heterocycles. The Bertz CT molecular complexity index is 226. The lowest BCUT2D eigenvalue weighted by Gasteiger charge is -2.13. The molecule has 0 unspecified atom stereocenters. The van der Waals surface area contributed by atoms with Crippen LogP contribution in [0, 0.1) is 10.8 Å². The molecule has 0 rings (SSSR count). The molecule has 0 amide bonds. The van der Waals surface area contributed by atoms with Gasteiger partial charge in [0.1, 0.15) is 0 Å². The van der Waals surface area contributed by atoms with E-state index in [-0.39, 0.29) is 23.8 Å². The molecular weight excluding hydrogens is 260 g/mol. The zero-order valence-corrected chi connectivity index (χ0v) is 13.3. The minimum atomic E-state index is -0.757. The van der Waals surface area contributed by atoms with Crippen molar-refractivity contribution in [1.82, 2.24) is 0 Å². The highest BCUT2D eigenvalue weighted by Gasteiger charge is 2.21. The number of carbonyl (C=O) groups is 2. The van der Waals surface area contributed by atoms with Crippen LogP contribution < -0.4 is 0 Å². The van der Waals surface area contributed by atoms with Gasteiger partial charge in [-0.25, -0.2) is 0 Å². The molecule has 0 saturated carbocycles. The highest BCUT2D eigenvalue weighted by Crippen LogP contribution is 2.13. The zero-order valence-electron chi connectivity index (χ0n) is 12.5. The Balaban J connectivity index is -0.0000000916. The molecule has 112 valence electrons. The van der Waals surface area contributed by atoms with Crippen molar-refractivity contribution in [3.8, 4) is 0 Å². The minimum Gasteiger partial charge on any atom is -0.481 e. The SMILES string of the molecule is CC(C)(C)C(=O)O.CO.COC(=O)C(C)(C)C.Cl. The predicted octanol–water partition coefficient (Wildman–Crippen LogP) is 2.35. The molecule has 0 aromatic carbocycles. The van der Waals surface area contributed by atoms with Crippen LogP contribution in [0.15, 0.2) is 0 Å². The molecule has 0 aromatic heterocycles. The van der Waals surface area contributed by atoms with Gasteiger partial charge in [0.25, 0.3) is 0 Å². The van der Waals surface area contributed by atoms with Crippen molar-refractivity contribution in [1.29, 1.82) is 0 Å². The van der Waals surface area contributed by atoms with E-state index in [1.54, 1.807) is 20.8 Å². The molecule has 0 fully saturated rings. The van der Waals surface area contributed by atoms with E-state index in [0.717, 1.165) is 7.11 Å². The molecular formula is C12H27ClO5. The van der Waals surface area contributed by atoms with Gasteiger partial charge in [-0.1, -0.05) is 0 Å². The van der Waals surface area contributed by atoms with Crippen LogP contribution in [0.3, 0.4) is 0 Å². The van der Waals surface area contributed by atoms with Gasteiger partial charge in [0.2, 0.25) is 0 Å². The molecule has 0 atom stereocenters. The number of aliphatic hydroxyl groups is 1. The van der Waals surface area contributed by atoms with Crippen molar-refractivity contribution < 1.29 is 24.5 Å². The fourth-order valence-electron chi connectivity index (χ4n) is 0.306. The number of ether oxygens (including phenoxy) is 1. The van der Waals surface area contributed by atoms with E-state index in [4.69, 9.17) is 10.2 Å².